The zero-order chi connectivity index (χ0) is 13.5. The van der Waals surface area contributed by atoms with Gasteiger partial charge in [0.1, 0.15) is 0 Å². The molecule has 1 rings (SSSR count). The van der Waals surface area contributed by atoms with Gasteiger partial charge in [0.15, 0.2) is 5.96 Å². The van der Waals surface area contributed by atoms with Crippen molar-refractivity contribution in [1.82, 2.24) is 10.6 Å². The normalized spacial score (nSPS) is 13.8. The van der Waals surface area contributed by atoms with Crippen LogP contribution in [0.25, 0.3) is 0 Å². The average molecular weight is 267 g/mol. The van der Waals surface area contributed by atoms with Crippen LogP contribution in [-0.2, 0) is 6.42 Å². The molecule has 0 aliphatic rings. The van der Waals surface area contributed by atoms with Gasteiger partial charge in [0.05, 0.1) is 0 Å². The second kappa shape index (κ2) is 7.41. The van der Waals surface area contributed by atoms with Crippen LogP contribution in [0, 0.1) is 12.8 Å². The van der Waals surface area contributed by atoms with E-state index in [0.29, 0.717) is 12.0 Å². The van der Waals surface area contributed by atoms with Crippen LogP contribution in [-0.4, -0.2) is 25.6 Å². The highest BCUT2D eigenvalue weighted by molar-refractivity contribution is 7.11. The number of nitrogens with one attached hydrogen (secondary N) is 2. The van der Waals surface area contributed by atoms with Crippen molar-refractivity contribution in [2.45, 2.75) is 40.2 Å². The van der Waals surface area contributed by atoms with E-state index in [1.807, 2.05) is 18.4 Å². The van der Waals surface area contributed by atoms with Crippen molar-refractivity contribution in [3.63, 3.8) is 0 Å². The van der Waals surface area contributed by atoms with Crippen LogP contribution in [0.4, 0.5) is 0 Å². The van der Waals surface area contributed by atoms with Crippen LogP contribution in [0.15, 0.2) is 17.1 Å². The molecule has 0 aliphatic carbocycles. The highest BCUT2D eigenvalue weighted by Crippen LogP contribution is 2.16. The number of thiophene rings is 1. The summed E-state index contributed by atoms with van der Waals surface area (Å²) in [6, 6.07) is 4.78. The minimum absolute atomic E-state index is 0.390. The Morgan fingerprint density at radius 2 is 2.06 bits per heavy atom. The molecule has 18 heavy (non-hydrogen) atoms. The Hall–Kier alpha value is -1.03. The quantitative estimate of drug-likeness (QED) is 0.636. The molecule has 0 bridgehead atoms. The molecular weight excluding hydrogens is 242 g/mol. The fourth-order valence-electron chi connectivity index (χ4n) is 1.68. The molecule has 3 nitrogen and oxygen atoms in total. The zero-order valence-corrected chi connectivity index (χ0v) is 12.9. The number of aliphatic imine (C=N–C) groups is 1. The number of hydrogen-bond acceptors (Lipinski definition) is 2. The fraction of sp³-hybridized carbons (Fsp3) is 0.643. The average Bonchev–Trinajstić information content (AvgIpc) is 2.69. The predicted octanol–water partition coefficient (Wildman–Crippen LogP) is 2.81. The summed E-state index contributed by atoms with van der Waals surface area (Å²) in [6.07, 6.45) is 1.04. The summed E-state index contributed by atoms with van der Waals surface area (Å²) in [5, 5.41) is 6.76. The molecule has 102 valence electrons. The molecule has 2 N–H and O–H groups in total. The van der Waals surface area contributed by atoms with Crippen LogP contribution in [0.3, 0.4) is 0 Å². The Balaban J connectivity index is 2.40. The zero-order valence-electron chi connectivity index (χ0n) is 12.1. The lowest BCUT2D eigenvalue weighted by Gasteiger charge is -2.18. The molecule has 0 spiro atoms. The van der Waals surface area contributed by atoms with Gasteiger partial charge >= 0.3 is 0 Å². The van der Waals surface area contributed by atoms with Crippen LogP contribution < -0.4 is 10.6 Å². The van der Waals surface area contributed by atoms with E-state index in [9.17, 15) is 0 Å². The van der Waals surface area contributed by atoms with Gasteiger partial charge in [0.2, 0.25) is 0 Å². The molecule has 1 atom stereocenters. The molecule has 0 saturated heterocycles. The Morgan fingerprint density at radius 3 is 2.56 bits per heavy atom. The largest absolute Gasteiger partial charge is 0.356 e. The maximum atomic E-state index is 4.24. The third kappa shape index (κ3) is 5.54. The Bertz CT molecular complexity index is 382. The van der Waals surface area contributed by atoms with Crippen molar-refractivity contribution in [3.8, 4) is 0 Å². The predicted molar refractivity (Wildman–Crippen MR) is 81.6 cm³/mol. The first-order valence-corrected chi connectivity index (χ1v) is 7.35. The van der Waals surface area contributed by atoms with Gasteiger partial charge in [-0.2, -0.15) is 0 Å². The number of guanidine groups is 1. The van der Waals surface area contributed by atoms with Crippen molar-refractivity contribution in [2.24, 2.45) is 10.9 Å². The molecule has 1 unspecified atom stereocenters. The highest BCUT2D eigenvalue weighted by Gasteiger charge is 2.07. The van der Waals surface area contributed by atoms with Crippen molar-refractivity contribution in [2.75, 3.05) is 13.6 Å². The first-order chi connectivity index (χ1) is 8.51. The SMILES string of the molecule is CN=C(NCC(C)C)NC(C)Cc1ccc(C)s1. The van der Waals surface area contributed by atoms with E-state index >= 15 is 0 Å². The van der Waals surface area contributed by atoms with Crippen LogP contribution >= 0.6 is 11.3 Å². The molecule has 1 aromatic heterocycles. The molecule has 0 saturated carbocycles. The summed E-state index contributed by atoms with van der Waals surface area (Å²) >= 11 is 1.87. The van der Waals surface area contributed by atoms with E-state index in [4.69, 9.17) is 0 Å². The minimum atomic E-state index is 0.390. The van der Waals surface area contributed by atoms with E-state index in [1.54, 1.807) is 0 Å². The number of aryl methyl sites for hydroxylation is 1. The number of hydrogen-bond donors (Lipinski definition) is 2. The van der Waals surface area contributed by atoms with Gasteiger partial charge < -0.3 is 10.6 Å². The molecule has 1 aromatic rings. The molecule has 0 amide bonds. The van der Waals surface area contributed by atoms with Gasteiger partial charge in [-0.15, -0.1) is 11.3 Å². The summed E-state index contributed by atoms with van der Waals surface area (Å²) in [7, 11) is 1.82. The third-order valence-electron chi connectivity index (χ3n) is 2.59. The Morgan fingerprint density at radius 1 is 1.33 bits per heavy atom. The van der Waals surface area contributed by atoms with Gasteiger partial charge in [0, 0.05) is 35.8 Å². The minimum Gasteiger partial charge on any atom is -0.356 e. The molecule has 0 aromatic carbocycles. The maximum absolute atomic E-state index is 4.24. The molecule has 1 heterocycles. The summed E-state index contributed by atoms with van der Waals surface area (Å²) in [5.74, 6) is 1.52. The summed E-state index contributed by atoms with van der Waals surface area (Å²) in [6.45, 7) is 9.67. The van der Waals surface area contributed by atoms with Crippen molar-refractivity contribution < 1.29 is 0 Å². The summed E-state index contributed by atoms with van der Waals surface area (Å²) < 4.78 is 0. The summed E-state index contributed by atoms with van der Waals surface area (Å²) in [5.41, 5.74) is 0. The fourth-order valence-corrected chi connectivity index (χ4v) is 2.70. The maximum Gasteiger partial charge on any atom is 0.191 e. The molecule has 0 radical (unpaired) electrons. The number of rotatable bonds is 5. The van der Waals surface area contributed by atoms with Gasteiger partial charge in [-0.05, 0) is 31.9 Å². The monoisotopic (exact) mass is 267 g/mol. The Labute approximate surface area is 115 Å². The second-order valence-corrected chi connectivity index (χ2v) is 6.48. The van der Waals surface area contributed by atoms with E-state index in [1.165, 1.54) is 9.75 Å². The lowest BCUT2D eigenvalue weighted by molar-refractivity contribution is 0.594. The topological polar surface area (TPSA) is 36.4 Å². The smallest absolute Gasteiger partial charge is 0.191 e. The first kappa shape index (κ1) is 15.0. The van der Waals surface area contributed by atoms with Crippen LogP contribution in [0.2, 0.25) is 0 Å². The van der Waals surface area contributed by atoms with E-state index in [-0.39, 0.29) is 0 Å². The second-order valence-electron chi connectivity index (χ2n) is 5.11. The van der Waals surface area contributed by atoms with E-state index < -0.39 is 0 Å². The molecule has 0 aliphatic heterocycles. The molecule has 0 fully saturated rings. The Kier molecular flexibility index (Phi) is 6.19. The van der Waals surface area contributed by atoms with Gasteiger partial charge in [0.25, 0.3) is 0 Å². The standard InChI is InChI=1S/C14H25N3S/c1-10(2)9-16-14(15-5)17-11(3)8-13-7-6-12(4)18-13/h6-7,10-11H,8-9H2,1-5H3,(H2,15,16,17). The van der Waals surface area contributed by atoms with Crippen molar-refractivity contribution >= 4 is 17.3 Å². The van der Waals surface area contributed by atoms with Gasteiger partial charge in [-0.3, -0.25) is 4.99 Å². The van der Waals surface area contributed by atoms with E-state index in [0.717, 1.165) is 18.9 Å². The van der Waals surface area contributed by atoms with Gasteiger partial charge in [-0.1, -0.05) is 13.8 Å². The lowest BCUT2D eigenvalue weighted by atomic mass is 10.2. The van der Waals surface area contributed by atoms with Crippen LogP contribution in [0.1, 0.15) is 30.5 Å². The lowest BCUT2D eigenvalue weighted by Crippen LogP contribution is -2.44. The van der Waals surface area contributed by atoms with Gasteiger partial charge in [-0.25, -0.2) is 0 Å². The first-order valence-electron chi connectivity index (χ1n) is 6.53. The number of nitrogens with zero attached hydrogens (tertiary/aromatic N) is 1. The van der Waals surface area contributed by atoms with E-state index in [2.05, 4.69) is 55.5 Å². The summed E-state index contributed by atoms with van der Waals surface area (Å²) in [4.78, 5) is 7.04. The third-order valence-corrected chi connectivity index (χ3v) is 3.61. The highest BCUT2D eigenvalue weighted by atomic mass is 32.1. The van der Waals surface area contributed by atoms with Crippen molar-refractivity contribution in [3.05, 3.63) is 21.9 Å². The molecule has 4 heteroatoms. The molecular formula is C14H25N3S. The van der Waals surface area contributed by atoms with Crippen LogP contribution in [0.5, 0.6) is 0 Å². The van der Waals surface area contributed by atoms with Crippen molar-refractivity contribution in [1.29, 1.82) is 0 Å².